The molecule has 0 aromatic carbocycles. The second-order valence-corrected chi connectivity index (χ2v) is 5.10. The molecule has 6 heteroatoms. The number of hydrogen-bond acceptors (Lipinski definition) is 3. The molecule has 0 atom stereocenters. The largest absolute Gasteiger partial charge is 0.393 e. The summed E-state index contributed by atoms with van der Waals surface area (Å²) in [5.74, 6) is 1.01. The molecule has 0 radical (unpaired) electrons. The third kappa shape index (κ3) is 2.79. The molecule has 18 heavy (non-hydrogen) atoms. The molecular formula is C12H15ClN4S. The van der Waals surface area contributed by atoms with E-state index < -0.39 is 0 Å². The zero-order chi connectivity index (χ0) is 13.1. The maximum atomic E-state index is 5.93. The van der Waals surface area contributed by atoms with E-state index in [2.05, 4.69) is 21.5 Å². The summed E-state index contributed by atoms with van der Waals surface area (Å²) in [7, 11) is 0. The van der Waals surface area contributed by atoms with Gasteiger partial charge in [0, 0.05) is 25.6 Å². The zero-order valence-electron chi connectivity index (χ0n) is 10.2. The van der Waals surface area contributed by atoms with Gasteiger partial charge in [-0.05, 0) is 12.5 Å². The first-order valence-corrected chi connectivity index (χ1v) is 6.69. The first-order chi connectivity index (χ1) is 8.61. The average molecular weight is 283 g/mol. The van der Waals surface area contributed by atoms with Crippen molar-refractivity contribution in [2.45, 2.75) is 32.7 Å². The van der Waals surface area contributed by atoms with Gasteiger partial charge in [-0.2, -0.15) is 0 Å². The van der Waals surface area contributed by atoms with Gasteiger partial charge in [-0.1, -0.05) is 30.7 Å². The van der Waals surface area contributed by atoms with Crippen LogP contribution in [0, 0.1) is 0 Å². The summed E-state index contributed by atoms with van der Waals surface area (Å²) in [5, 5.41) is 0.601. The molecule has 0 aliphatic carbocycles. The van der Waals surface area contributed by atoms with Gasteiger partial charge in [0.1, 0.15) is 11.3 Å². The lowest BCUT2D eigenvalue weighted by molar-refractivity contribution is 0.674. The Morgan fingerprint density at radius 3 is 3.00 bits per heavy atom. The number of nitrogens with two attached hydrogens (primary N) is 1. The SMILES string of the molecule is CCCc1nc2cc(Cl)cnc2n1CCC(N)=S. The van der Waals surface area contributed by atoms with Gasteiger partial charge in [0.25, 0.3) is 0 Å². The second-order valence-electron chi connectivity index (χ2n) is 4.14. The van der Waals surface area contributed by atoms with Crippen molar-refractivity contribution in [2.24, 2.45) is 5.73 Å². The van der Waals surface area contributed by atoms with Crippen LogP contribution in [-0.2, 0) is 13.0 Å². The molecule has 0 amide bonds. The zero-order valence-corrected chi connectivity index (χ0v) is 11.8. The Morgan fingerprint density at radius 2 is 2.33 bits per heavy atom. The van der Waals surface area contributed by atoms with E-state index >= 15 is 0 Å². The Bertz CT molecular complexity index is 579. The van der Waals surface area contributed by atoms with E-state index in [0.717, 1.165) is 36.4 Å². The lowest BCUT2D eigenvalue weighted by atomic mass is 10.3. The third-order valence-corrected chi connectivity index (χ3v) is 3.10. The molecule has 2 heterocycles. The van der Waals surface area contributed by atoms with Gasteiger partial charge in [-0.15, -0.1) is 0 Å². The molecule has 0 saturated heterocycles. The Hall–Kier alpha value is -1.20. The molecule has 2 aromatic rings. The van der Waals surface area contributed by atoms with Crippen molar-refractivity contribution < 1.29 is 0 Å². The number of imidazole rings is 1. The minimum absolute atomic E-state index is 0.508. The summed E-state index contributed by atoms with van der Waals surface area (Å²) in [6, 6.07) is 1.83. The second kappa shape index (κ2) is 5.63. The van der Waals surface area contributed by atoms with E-state index in [-0.39, 0.29) is 0 Å². The molecule has 4 nitrogen and oxygen atoms in total. The van der Waals surface area contributed by atoms with Gasteiger partial charge in [-0.25, -0.2) is 9.97 Å². The van der Waals surface area contributed by atoms with Crippen LogP contribution < -0.4 is 5.73 Å². The van der Waals surface area contributed by atoms with E-state index in [4.69, 9.17) is 29.6 Å². The van der Waals surface area contributed by atoms with Crippen molar-refractivity contribution in [1.29, 1.82) is 0 Å². The molecule has 2 aromatic heterocycles. The molecule has 0 fully saturated rings. The Balaban J connectivity index is 2.44. The van der Waals surface area contributed by atoms with Gasteiger partial charge >= 0.3 is 0 Å². The first-order valence-electron chi connectivity index (χ1n) is 5.90. The predicted octanol–water partition coefficient (Wildman–Crippen LogP) is 2.71. The summed E-state index contributed by atoms with van der Waals surface area (Å²) >= 11 is 10.9. The highest BCUT2D eigenvalue weighted by atomic mass is 35.5. The van der Waals surface area contributed by atoms with Crippen molar-refractivity contribution in [2.75, 3.05) is 0 Å². The van der Waals surface area contributed by atoms with Gasteiger partial charge in [0.2, 0.25) is 0 Å². The predicted molar refractivity (Wildman–Crippen MR) is 77.9 cm³/mol. The van der Waals surface area contributed by atoms with Crippen molar-refractivity contribution >= 4 is 40.0 Å². The van der Waals surface area contributed by atoms with Crippen molar-refractivity contribution in [3.05, 3.63) is 23.1 Å². The standard InChI is InChI=1S/C12H15ClN4S/c1-2-3-11-16-9-6-8(13)7-15-12(9)17(11)5-4-10(14)18/h6-7H,2-5H2,1H3,(H2,14,18). The lowest BCUT2D eigenvalue weighted by Gasteiger charge is -2.07. The summed E-state index contributed by atoms with van der Waals surface area (Å²) in [5.41, 5.74) is 7.23. The molecule has 96 valence electrons. The fraction of sp³-hybridized carbons (Fsp3) is 0.417. The molecule has 0 spiro atoms. The molecule has 0 bridgehead atoms. The number of pyridine rings is 1. The normalized spacial score (nSPS) is 11.0. The number of thiocarbonyl (C=S) groups is 1. The van der Waals surface area contributed by atoms with Crippen LogP contribution in [0.15, 0.2) is 12.3 Å². The molecule has 0 aliphatic rings. The maximum absolute atomic E-state index is 5.93. The van der Waals surface area contributed by atoms with Gasteiger partial charge in [0.05, 0.1) is 10.0 Å². The van der Waals surface area contributed by atoms with Crippen LogP contribution in [0.4, 0.5) is 0 Å². The lowest BCUT2D eigenvalue weighted by Crippen LogP contribution is -2.13. The van der Waals surface area contributed by atoms with Crippen LogP contribution in [0.1, 0.15) is 25.6 Å². The summed E-state index contributed by atoms with van der Waals surface area (Å²) in [4.78, 5) is 9.43. The topological polar surface area (TPSA) is 56.7 Å². The molecule has 0 aliphatic heterocycles. The van der Waals surface area contributed by atoms with Gasteiger partial charge in [0.15, 0.2) is 5.65 Å². The fourth-order valence-corrected chi connectivity index (χ4v) is 2.15. The Labute approximate surface area is 116 Å². The monoisotopic (exact) mass is 282 g/mol. The van der Waals surface area contributed by atoms with Crippen LogP contribution in [0.2, 0.25) is 5.02 Å². The van der Waals surface area contributed by atoms with E-state index in [1.807, 2.05) is 6.07 Å². The van der Waals surface area contributed by atoms with E-state index in [1.54, 1.807) is 6.20 Å². The van der Waals surface area contributed by atoms with Crippen LogP contribution in [-0.4, -0.2) is 19.5 Å². The smallest absolute Gasteiger partial charge is 0.160 e. The number of hydrogen-bond donors (Lipinski definition) is 1. The Morgan fingerprint density at radius 1 is 1.56 bits per heavy atom. The maximum Gasteiger partial charge on any atom is 0.160 e. The van der Waals surface area contributed by atoms with E-state index in [9.17, 15) is 0 Å². The highest BCUT2D eigenvalue weighted by molar-refractivity contribution is 7.80. The Kier molecular flexibility index (Phi) is 4.14. The first kappa shape index (κ1) is 13.2. The number of halogens is 1. The van der Waals surface area contributed by atoms with Gasteiger partial charge < -0.3 is 10.3 Å². The van der Waals surface area contributed by atoms with E-state index in [1.165, 1.54) is 0 Å². The summed E-state index contributed by atoms with van der Waals surface area (Å²) in [6.07, 6.45) is 4.23. The summed E-state index contributed by atoms with van der Waals surface area (Å²) < 4.78 is 2.08. The average Bonchev–Trinajstić information content (AvgIpc) is 2.63. The van der Waals surface area contributed by atoms with Crippen molar-refractivity contribution in [1.82, 2.24) is 14.5 Å². The molecule has 2 N–H and O–H groups in total. The number of fused-ring (bicyclic) bond motifs is 1. The third-order valence-electron chi connectivity index (χ3n) is 2.69. The highest BCUT2D eigenvalue weighted by Crippen LogP contribution is 2.19. The number of rotatable bonds is 5. The number of nitrogens with zero attached hydrogens (tertiary/aromatic N) is 3. The fourth-order valence-electron chi connectivity index (χ4n) is 1.90. The number of aryl methyl sites for hydroxylation is 2. The van der Waals surface area contributed by atoms with Crippen LogP contribution in [0.25, 0.3) is 11.2 Å². The molecule has 2 rings (SSSR count). The molecule has 0 unspecified atom stereocenters. The number of aromatic nitrogens is 3. The van der Waals surface area contributed by atoms with Crippen LogP contribution in [0.3, 0.4) is 0 Å². The summed E-state index contributed by atoms with van der Waals surface area (Å²) in [6.45, 7) is 2.84. The minimum atomic E-state index is 0.508. The minimum Gasteiger partial charge on any atom is -0.393 e. The van der Waals surface area contributed by atoms with Crippen molar-refractivity contribution in [3.8, 4) is 0 Å². The molecule has 0 saturated carbocycles. The highest BCUT2D eigenvalue weighted by Gasteiger charge is 2.11. The van der Waals surface area contributed by atoms with E-state index in [0.29, 0.717) is 16.4 Å². The van der Waals surface area contributed by atoms with Crippen molar-refractivity contribution in [3.63, 3.8) is 0 Å². The molecular weight excluding hydrogens is 268 g/mol. The quantitative estimate of drug-likeness (QED) is 0.857. The van der Waals surface area contributed by atoms with Crippen LogP contribution >= 0.6 is 23.8 Å². The van der Waals surface area contributed by atoms with Crippen LogP contribution in [0.5, 0.6) is 0 Å². The van der Waals surface area contributed by atoms with Gasteiger partial charge in [-0.3, -0.25) is 0 Å².